The number of nitrogens with one attached hydrogen (secondary N) is 1. The smallest absolute Gasteiger partial charge is 0.220 e. The second-order valence-electron chi connectivity index (χ2n) is 8.00. The highest BCUT2D eigenvalue weighted by Gasteiger charge is 2.13. The van der Waals surface area contributed by atoms with E-state index in [1.54, 1.807) is 18.7 Å². The molecular formula is C23H28N4O2. The molecule has 1 amide bonds. The van der Waals surface area contributed by atoms with E-state index in [4.69, 9.17) is 4.74 Å². The standard InChI is InChI=1S/C23H28N4O2/c1-23(2,3)19-7-9-20(10-8-19)29-14-4-5-22(28)26-16-18-6-11-21(25-15-18)27-13-12-24-17-27/h6-13,15,17H,4-5,14,16H2,1-3H3,(H,26,28). The lowest BCUT2D eigenvalue weighted by Gasteiger charge is -2.19. The molecule has 3 aromatic rings. The minimum atomic E-state index is 0.00960. The van der Waals surface area contributed by atoms with Crippen LogP contribution in [-0.2, 0) is 16.8 Å². The van der Waals surface area contributed by atoms with Crippen LogP contribution in [-0.4, -0.2) is 27.0 Å². The monoisotopic (exact) mass is 392 g/mol. The van der Waals surface area contributed by atoms with Crippen molar-refractivity contribution in [1.82, 2.24) is 19.9 Å². The maximum Gasteiger partial charge on any atom is 0.220 e. The fraction of sp³-hybridized carbons (Fsp3) is 0.348. The molecule has 0 fully saturated rings. The number of imidazole rings is 1. The van der Waals surface area contributed by atoms with Crippen LogP contribution in [0.3, 0.4) is 0 Å². The Morgan fingerprint density at radius 2 is 1.93 bits per heavy atom. The van der Waals surface area contributed by atoms with E-state index in [-0.39, 0.29) is 11.3 Å². The Bertz CT molecular complexity index is 896. The maximum atomic E-state index is 12.0. The van der Waals surface area contributed by atoms with Crippen LogP contribution in [0.5, 0.6) is 5.75 Å². The van der Waals surface area contributed by atoms with Gasteiger partial charge < -0.3 is 10.1 Å². The first-order chi connectivity index (χ1) is 13.9. The van der Waals surface area contributed by atoms with E-state index in [1.165, 1.54) is 5.56 Å². The third kappa shape index (κ3) is 6.17. The van der Waals surface area contributed by atoms with Crippen LogP contribution in [0, 0.1) is 0 Å². The Morgan fingerprint density at radius 1 is 1.14 bits per heavy atom. The van der Waals surface area contributed by atoms with Gasteiger partial charge in [0.05, 0.1) is 6.61 Å². The van der Waals surface area contributed by atoms with E-state index in [0.717, 1.165) is 17.1 Å². The van der Waals surface area contributed by atoms with Crippen LogP contribution in [0.15, 0.2) is 61.3 Å². The molecule has 3 rings (SSSR count). The summed E-state index contributed by atoms with van der Waals surface area (Å²) in [6, 6.07) is 12.0. The number of aromatic nitrogens is 3. The van der Waals surface area contributed by atoms with Crippen molar-refractivity contribution >= 4 is 5.91 Å². The molecule has 6 nitrogen and oxygen atoms in total. The molecule has 1 aromatic carbocycles. The van der Waals surface area contributed by atoms with Gasteiger partial charge in [0.1, 0.15) is 17.9 Å². The zero-order valence-corrected chi connectivity index (χ0v) is 17.3. The van der Waals surface area contributed by atoms with Gasteiger partial charge in [-0.15, -0.1) is 0 Å². The van der Waals surface area contributed by atoms with Crippen LogP contribution in [0.4, 0.5) is 0 Å². The number of ether oxygens (including phenoxy) is 1. The first-order valence-corrected chi connectivity index (χ1v) is 9.85. The highest BCUT2D eigenvalue weighted by molar-refractivity contribution is 5.75. The van der Waals surface area contributed by atoms with Crippen molar-refractivity contribution in [2.45, 2.75) is 45.6 Å². The van der Waals surface area contributed by atoms with Crippen LogP contribution in [0.25, 0.3) is 5.82 Å². The molecule has 0 aliphatic heterocycles. The number of carbonyl (C=O) groups is 1. The molecule has 0 aliphatic carbocycles. The summed E-state index contributed by atoms with van der Waals surface area (Å²) in [5, 5.41) is 2.92. The topological polar surface area (TPSA) is 69.0 Å². The second-order valence-corrected chi connectivity index (χ2v) is 8.00. The van der Waals surface area contributed by atoms with Crippen molar-refractivity contribution in [1.29, 1.82) is 0 Å². The summed E-state index contributed by atoms with van der Waals surface area (Å²) in [5.74, 6) is 1.64. The van der Waals surface area contributed by atoms with Gasteiger partial charge in [-0.1, -0.05) is 39.0 Å². The van der Waals surface area contributed by atoms with Crippen LogP contribution in [0.1, 0.15) is 44.7 Å². The summed E-state index contributed by atoms with van der Waals surface area (Å²) in [6.07, 6.45) is 8.11. The Hall–Kier alpha value is -3.15. The molecule has 152 valence electrons. The van der Waals surface area contributed by atoms with E-state index >= 15 is 0 Å². The van der Waals surface area contributed by atoms with Gasteiger partial charge >= 0.3 is 0 Å². The Labute approximate surface area is 172 Å². The van der Waals surface area contributed by atoms with Gasteiger partial charge in [-0.2, -0.15) is 0 Å². The number of nitrogens with zero attached hydrogens (tertiary/aromatic N) is 3. The summed E-state index contributed by atoms with van der Waals surface area (Å²) in [6.45, 7) is 7.54. The lowest BCUT2D eigenvalue weighted by Crippen LogP contribution is -2.23. The van der Waals surface area contributed by atoms with Crippen molar-refractivity contribution in [2.24, 2.45) is 0 Å². The molecule has 0 saturated carbocycles. The Morgan fingerprint density at radius 3 is 2.55 bits per heavy atom. The van der Waals surface area contributed by atoms with E-state index in [9.17, 15) is 4.79 Å². The summed E-state index contributed by atoms with van der Waals surface area (Å²) >= 11 is 0. The van der Waals surface area contributed by atoms with Crippen LogP contribution >= 0.6 is 0 Å². The van der Waals surface area contributed by atoms with Gasteiger partial charge in [0.2, 0.25) is 5.91 Å². The van der Waals surface area contributed by atoms with Gasteiger partial charge in [-0.05, 0) is 41.2 Å². The molecule has 1 N–H and O–H groups in total. The van der Waals surface area contributed by atoms with Crippen LogP contribution in [0.2, 0.25) is 0 Å². The number of rotatable bonds is 8. The molecule has 6 heteroatoms. The number of pyridine rings is 1. The van der Waals surface area contributed by atoms with Crippen molar-refractivity contribution in [2.75, 3.05) is 6.61 Å². The SMILES string of the molecule is CC(C)(C)c1ccc(OCCCC(=O)NCc2ccc(-n3ccnc3)nc2)cc1. The van der Waals surface area contributed by atoms with Gasteiger partial charge in [0.25, 0.3) is 0 Å². The summed E-state index contributed by atoms with van der Waals surface area (Å²) in [5.41, 5.74) is 2.36. The highest BCUT2D eigenvalue weighted by Crippen LogP contribution is 2.24. The van der Waals surface area contributed by atoms with E-state index in [2.05, 4.69) is 48.2 Å². The van der Waals surface area contributed by atoms with Gasteiger partial charge in [0.15, 0.2) is 0 Å². The molecule has 2 heterocycles. The zero-order chi connectivity index (χ0) is 20.7. The number of amides is 1. The van der Waals surface area contributed by atoms with Gasteiger partial charge in [-0.3, -0.25) is 9.36 Å². The molecule has 0 atom stereocenters. The summed E-state index contributed by atoms with van der Waals surface area (Å²) in [7, 11) is 0. The van der Waals surface area contributed by atoms with E-state index in [1.807, 2.05) is 35.0 Å². The van der Waals surface area contributed by atoms with Crippen molar-refractivity contribution in [3.8, 4) is 11.6 Å². The number of benzene rings is 1. The summed E-state index contributed by atoms with van der Waals surface area (Å²) in [4.78, 5) is 20.4. The normalized spacial score (nSPS) is 11.3. The first-order valence-electron chi connectivity index (χ1n) is 9.85. The van der Waals surface area contributed by atoms with Gasteiger partial charge in [-0.25, -0.2) is 9.97 Å². The Kier molecular flexibility index (Phi) is 6.65. The van der Waals surface area contributed by atoms with E-state index < -0.39 is 0 Å². The van der Waals surface area contributed by atoms with Crippen molar-refractivity contribution < 1.29 is 9.53 Å². The number of carbonyl (C=O) groups excluding carboxylic acids is 1. The molecule has 0 spiro atoms. The molecule has 0 aliphatic rings. The van der Waals surface area contributed by atoms with Crippen LogP contribution < -0.4 is 10.1 Å². The zero-order valence-electron chi connectivity index (χ0n) is 17.3. The number of hydrogen-bond donors (Lipinski definition) is 1. The lowest BCUT2D eigenvalue weighted by atomic mass is 9.87. The fourth-order valence-electron chi connectivity index (χ4n) is 2.83. The average Bonchev–Trinajstić information content (AvgIpc) is 3.25. The predicted octanol–water partition coefficient (Wildman–Crippen LogP) is 4.04. The molecule has 2 aromatic heterocycles. The molecule has 0 bridgehead atoms. The molecule has 0 unspecified atom stereocenters. The molecular weight excluding hydrogens is 364 g/mol. The van der Waals surface area contributed by atoms with Gasteiger partial charge in [0, 0.05) is 31.6 Å². The molecule has 29 heavy (non-hydrogen) atoms. The first kappa shape index (κ1) is 20.6. The second kappa shape index (κ2) is 9.37. The predicted molar refractivity (Wildman–Crippen MR) is 113 cm³/mol. The lowest BCUT2D eigenvalue weighted by molar-refractivity contribution is -0.121. The van der Waals surface area contributed by atoms with E-state index in [0.29, 0.717) is 26.0 Å². The quantitative estimate of drug-likeness (QED) is 0.588. The van der Waals surface area contributed by atoms with Crippen molar-refractivity contribution in [3.05, 3.63) is 72.4 Å². The average molecular weight is 393 g/mol. The third-order valence-electron chi connectivity index (χ3n) is 4.60. The third-order valence-corrected chi connectivity index (χ3v) is 4.60. The minimum Gasteiger partial charge on any atom is -0.494 e. The largest absolute Gasteiger partial charge is 0.494 e. The Balaban J connectivity index is 1.35. The highest BCUT2D eigenvalue weighted by atomic mass is 16.5. The minimum absolute atomic E-state index is 0.00960. The fourth-order valence-corrected chi connectivity index (χ4v) is 2.83. The molecule has 0 radical (unpaired) electrons. The molecule has 0 saturated heterocycles. The summed E-state index contributed by atoms with van der Waals surface area (Å²) < 4.78 is 7.57. The number of hydrogen-bond acceptors (Lipinski definition) is 4. The maximum absolute atomic E-state index is 12.0. The van der Waals surface area contributed by atoms with Crippen molar-refractivity contribution in [3.63, 3.8) is 0 Å².